The van der Waals surface area contributed by atoms with E-state index in [-0.39, 0.29) is 0 Å². The van der Waals surface area contributed by atoms with E-state index in [1.807, 2.05) is 24.3 Å². The van der Waals surface area contributed by atoms with Crippen molar-refractivity contribution in [2.45, 2.75) is 0 Å². The topological polar surface area (TPSA) is 18.5 Å². The Balaban J connectivity index is 2.23. The number of para-hydroxylation sites is 2. The van der Waals surface area contributed by atoms with E-state index in [2.05, 4.69) is 22.6 Å². The van der Waals surface area contributed by atoms with E-state index in [0.717, 1.165) is 18.5 Å². The SMILES string of the molecule is ICI1COc2ccccc2O1. The summed E-state index contributed by atoms with van der Waals surface area (Å²) in [6, 6.07) is 7.88. The van der Waals surface area contributed by atoms with Crippen LogP contribution in [0.1, 0.15) is 0 Å². The van der Waals surface area contributed by atoms with Crippen LogP contribution in [0.5, 0.6) is 11.5 Å². The van der Waals surface area contributed by atoms with Crippen molar-refractivity contribution in [1.82, 2.24) is 0 Å². The maximum absolute atomic E-state index is 5.81. The Hall–Kier alpha value is 0.280. The standard InChI is InChI=1S/C8H8I2O2/c9-5-10-6-11-7-3-1-2-4-8(7)12-10/h1-4H,5-6H2. The Morgan fingerprint density at radius 2 is 2.08 bits per heavy atom. The molecular formula is C8H8I2O2. The van der Waals surface area contributed by atoms with E-state index >= 15 is 0 Å². The number of rotatable bonds is 1. The van der Waals surface area contributed by atoms with Crippen LogP contribution >= 0.6 is 42.8 Å². The molecule has 0 amide bonds. The van der Waals surface area contributed by atoms with Crippen molar-refractivity contribution >= 4 is 42.8 Å². The first-order chi connectivity index (χ1) is 5.90. The average Bonchev–Trinajstić information content (AvgIpc) is 2.17. The maximum atomic E-state index is 5.81. The number of benzene rings is 1. The van der Waals surface area contributed by atoms with E-state index < -0.39 is 20.2 Å². The fraction of sp³-hybridized carbons (Fsp3) is 0.250. The quantitative estimate of drug-likeness (QED) is 0.542. The number of ether oxygens (including phenoxy) is 1. The van der Waals surface area contributed by atoms with Crippen LogP contribution in [0.25, 0.3) is 0 Å². The van der Waals surface area contributed by atoms with Crippen LogP contribution in [0.15, 0.2) is 24.3 Å². The van der Waals surface area contributed by atoms with Gasteiger partial charge in [-0.15, -0.1) is 0 Å². The molecule has 2 rings (SSSR count). The van der Waals surface area contributed by atoms with Crippen LogP contribution in [-0.4, -0.2) is 7.05 Å². The van der Waals surface area contributed by atoms with Crippen LogP contribution in [0.2, 0.25) is 0 Å². The molecule has 0 spiro atoms. The van der Waals surface area contributed by atoms with Gasteiger partial charge < -0.3 is 0 Å². The third-order valence-electron chi connectivity index (χ3n) is 1.49. The van der Waals surface area contributed by atoms with Crippen molar-refractivity contribution in [3.63, 3.8) is 0 Å². The van der Waals surface area contributed by atoms with Crippen LogP contribution in [0, 0.1) is 0 Å². The molecule has 0 bridgehead atoms. The summed E-state index contributed by atoms with van der Waals surface area (Å²) in [5, 5.41) is 0. The van der Waals surface area contributed by atoms with Crippen molar-refractivity contribution in [3.05, 3.63) is 24.3 Å². The minimum absolute atomic E-state index is 0.823. The minimum atomic E-state index is -1.24. The van der Waals surface area contributed by atoms with Crippen molar-refractivity contribution in [2.24, 2.45) is 0 Å². The van der Waals surface area contributed by atoms with Gasteiger partial charge in [-0.3, -0.25) is 0 Å². The zero-order valence-electron chi connectivity index (χ0n) is 6.30. The van der Waals surface area contributed by atoms with E-state index in [0.29, 0.717) is 0 Å². The molecule has 0 aromatic heterocycles. The Bertz CT molecular complexity index is 278. The van der Waals surface area contributed by atoms with Crippen molar-refractivity contribution in [3.8, 4) is 11.5 Å². The summed E-state index contributed by atoms with van der Waals surface area (Å²) in [7, 11) is 0. The molecule has 1 aliphatic heterocycles. The zero-order chi connectivity index (χ0) is 8.39. The molecule has 12 heavy (non-hydrogen) atoms. The van der Waals surface area contributed by atoms with Crippen molar-refractivity contribution in [1.29, 1.82) is 0 Å². The second kappa shape index (κ2) is 3.99. The van der Waals surface area contributed by atoms with E-state index in [1.165, 1.54) is 0 Å². The molecule has 0 atom stereocenters. The summed E-state index contributed by atoms with van der Waals surface area (Å²) in [4.78, 5) is 0. The number of halogens is 2. The van der Waals surface area contributed by atoms with Gasteiger partial charge >= 0.3 is 93.4 Å². The van der Waals surface area contributed by atoms with Crippen molar-refractivity contribution < 1.29 is 7.80 Å². The van der Waals surface area contributed by atoms with E-state index in [1.54, 1.807) is 0 Å². The first-order valence-electron chi connectivity index (χ1n) is 3.48. The first kappa shape index (κ1) is 8.86. The molecule has 1 heterocycles. The van der Waals surface area contributed by atoms with Crippen molar-refractivity contribution in [2.75, 3.05) is 7.05 Å². The Labute approximate surface area is 92.7 Å². The van der Waals surface area contributed by atoms with Gasteiger partial charge in [0.15, 0.2) is 0 Å². The Kier molecular flexibility index (Phi) is 2.95. The number of fused-ring (bicyclic) bond motifs is 1. The molecule has 0 saturated heterocycles. The predicted octanol–water partition coefficient (Wildman–Crippen LogP) is 3.23. The Morgan fingerprint density at radius 3 is 2.83 bits per heavy atom. The second-order valence-electron chi connectivity index (χ2n) is 2.29. The van der Waals surface area contributed by atoms with Crippen LogP contribution in [0.4, 0.5) is 0 Å². The molecule has 0 aliphatic carbocycles. The number of hydrogen-bond acceptors (Lipinski definition) is 2. The summed E-state index contributed by atoms with van der Waals surface area (Å²) in [5.41, 5.74) is 0. The van der Waals surface area contributed by atoms with Gasteiger partial charge in [-0.1, -0.05) is 0 Å². The molecule has 0 saturated carbocycles. The van der Waals surface area contributed by atoms with Gasteiger partial charge in [0.2, 0.25) is 0 Å². The van der Waals surface area contributed by atoms with Crippen LogP contribution in [0.3, 0.4) is 0 Å². The molecule has 0 N–H and O–H groups in total. The zero-order valence-corrected chi connectivity index (χ0v) is 10.6. The van der Waals surface area contributed by atoms with Gasteiger partial charge in [0, 0.05) is 0 Å². The van der Waals surface area contributed by atoms with Gasteiger partial charge in [0.05, 0.1) is 0 Å². The average molecular weight is 390 g/mol. The van der Waals surface area contributed by atoms with E-state index in [9.17, 15) is 0 Å². The van der Waals surface area contributed by atoms with Gasteiger partial charge in [-0.25, -0.2) is 0 Å². The molecule has 1 aliphatic rings. The number of alkyl halides is 3. The van der Waals surface area contributed by atoms with E-state index in [4.69, 9.17) is 7.80 Å². The molecule has 0 radical (unpaired) electrons. The summed E-state index contributed by atoms with van der Waals surface area (Å²) in [5.74, 6) is 1.83. The van der Waals surface area contributed by atoms with Crippen LogP contribution < -0.4 is 7.80 Å². The third kappa shape index (κ3) is 1.78. The Morgan fingerprint density at radius 1 is 1.33 bits per heavy atom. The van der Waals surface area contributed by atoms with Gasteiger partial charge in [-0.05, 0) is 0 Å². The van der Waals surface area contributed by atoms with Gasteiger partial charge in [0.25, 0.3) is 0 Å². The molecule has 0 unspecified atom stereocenters. The first-order valence-corrected chi connectivity index (χ1v) is 8.94. The molecule has 1 aromatic carbocycles. The normalized spacial score (nSPS) is 17.6. The fourth-order valence-corrected chi connectivity index (χ4v) is 4.98. The summed E-state index contributed by atoms with van der Waals surface area (Å²) in [6.45, 7) is 0. The molecular weight excluding hydrogens is 382 g/mol. The van der Waals surface area contributed by atoms with Gasteiger partial charge in [-0.2, -0.15) is 0 Å². The molecule has 2 nitrogen and oxygen atoms in total. The fourth-order valence-electron chi connectivity index (χ4n) is 0.942. The second-order valence-corrected chi connectivity index (χ2v) is 10.1. The monoisotopic (exact) mass is 390 g/mol. The van der Waals surface area contributed by atoms with Gasteiger partial charge in [0.1, 0.15) is 0 Å². The summed E-state index contributed by atoms with van der Waals surface area (Å²) >= 11 is 1.13. The third-order valence-corrected chi connectivity index (χ3v) is 8.55. The number of hydrogen-bond donors (Lipinski definition) is 0. The molecule has 1 aromatic rings. The van der Waals surface area contributed by atoms with Crippen LogP contribution in [-0.2, 0) is 0 Å². The summed E-state index contributed by atoms with van der Waals surface area (Å²) in [6.07, 6.45) is 0. The predicted molar refractivity (Wildman–Crippen MR) is 65.5 cm³/mol. The summed E-state index contributed by atoms with van der Waals surface area (Å²) < 4.78 is 13.3. The molecule has 66 valence electrons. The molecule has 0 fully saturated rings. The molecule has 4 heteroatoms.